The van der Waals surface area contributed by atoms with Gasteiger partial charge in [0.1, 0.15) is 0 Å². The second kappa shape index (κ2) is 6.58. The highest BCUT2D eigenvalue weighted by molar-refractivity contribution is 4.84. The summed E-state index contributed by atoms with van der Waals surface area (Å²) in [5.74, 6) is 0. The molecule has 2 N–H and O–H groups in total. The Balaban J connectivity index is 1.50. The van der Waals surface area contributed by atoms with E-state index in [0.29, 0.717) is 0 Å². The van der Waals surface area contributed by atoms with Gasteiger partial charge in [0, 0.05) is 31.7 Å². The lowest BCUT2D eigenvalue weighted by molar-refractivity contribution is 0.273. The Kier molecular flexibility index (Phi) is 5.07. The van der Waals surface area contributed by atoms with Gasteiger partial charge in [0.05, 0.1) is 0 Å². The van der Waals surface area contributed by atoms with Crippen molar-refractivity contribution in [2.24, 2.45) is 0 Å². The van der Waals surface area contributed by atoms with Gasteiger partial charge in [0.15, 0.2) is 0 Å². The minimum absolute atomic E-state index is 0.727. The Bertz CT molecular complexity index is 186. The van der Waals surface area contributed by atoms with Gasteiger partial charge in [-0.05, 0) is 38.8 Å². The highest BCUT2D eigenvalue weighted by Crippen LogP contribution is 2.25. The van der Waals surface area contributed by atoms with E-state index in [1.165, 1.54) is 51.7 Å². The topological polar surface area (TPSA) is 27.3 Å². The number of hydrogen-bond donors (Lipinski definition) is 2. The van der Waals surface area contributed by atoms with Crippen LogP contribution in [0.3, 0.4) is 0 Å². The first-order valence-corrected chi connectivity index (χ1v) is 7.08. The maximum atomic E-state index is 3.60. The summed E-state index contributed by atoms with van der Waals surface area (Å²) < 4.78 is 0. The van der Waals surface area contributed by atoms with E-state index in [-0.39, 0.29) is 0 Å². The molecule has 1 saturated heterocycles. The molecule has 0 aromatic rings. The number of piperidine rings is 1. The zero-order valence-corrected chi connectivity index (χ0v) is 10.7. The second-order valence-electron chi connectivity index (χ2n) is 5.21. The Morgan fingerprint density at radius 2 is 2.12 bits per heavy atom. The Morgan fingerprint density at radius 3 is 2.75 bits per heavy atom. The van der Waals surface area contributed by atoms with Crippen LogP contribution in [0.5, 0.6) is 0 Å². The summed E-state index contributed by atoms with van der Waals surface area (Å²) in [7, 11) is 0. The molecule has 0 amide bonds. The molecule has 0 bridgehead atoms. The largest absolute Gasteiger partial charge is 0.314 e. The van der Waals surface area contributed by atoms with Gasteiger partial charge in [-0.3, -0.25) is 4.90 Å². The molecule has 2 aliphatic rings. The van der Waals surface area contributed by atoms with E-state index in [2.05, 4.69) is 22.5 Å². The van der Waals surface area contributed by atoms with E-state index in [9.17, 15) is 0 Å². The summed E-state index contributed by atoms with van der Waals surface area (Å²) in [5, 5.41) is 7.18. The molecule has 3 nitrogen and oxygen atoms in total. The summed E-state index contributed by atoms with van der Waals surface area (Å²) in [6.07, 6.45) is 6.98. The molecule has 0 spiro atoms. The molecule has 1 aliphatic carbocycles. The molecule has 2 rings (SSSR count). The molecule has 1 atom stereocenters. The molecule has 16 heavy (non-hydrogen) atoms. The van der Waals surface area contributed by atoms with Crippen LogP contribution >= 0.6 is 0 Å². The third-order valence-corrected chi connectivity index (χ3v) is 3.85. The van der Waals surface area contributed by atoms with Crippen molar-refractivity contribution in [3.05, 3.63) is 0 Å². The molecular formula is C13H27N3. The molecule has 0 aromatic carbocycles. The van der Waals surface area contributed by atoms with Gasteiger partial charge in [0.2, 0.25) is 0 Å². The number of hydrogen-bond acceptors (Lipinski definition) is 3. The van der Waals surface area contributed by atoms with Gasteiger partial charge in [-0.1, -0.05) is 13.3 Å². The van der Waals surface area contributed by atoms with E-state index < -0.39 is 0 Å². The summed E-state index contributed by atoms with van der Waals surface area (Å²) >= 11 is 0. The van der Waals surface area contributed by atoms with Crippen LogP contribution < -0.4 is 10.6 Å². The minimum Gasteiger partial charge on any atom is -0.314 e. The molecule has 2 fully saturated rings. The van der Waals surface area contributed by atoms with Gasteiger partial charge in [-0.2, -0.15) is 0 Å². The van der Waals surface area contributed by atoms with Crippen molar-refractivity contribution < 1.29 is 0 Å². The van der Waals surface area contributed by atoms with Crippen molar-refractivity contribution in [1.82, 2.24) is 15.5 Å². The van der Waals surface area contributed by atoms with Crippen molar-refractivity contribution in [3.8, 4) is 0 Å². The van der Waals surface area contributed by atoms with Gasteiger partial charge >= 0.3 is 0 Å². The van der Waals surface area contributed by atoms with Crippen molar-refractivity contribution in [1.29, 1.82) is 0 Å². The standard InChI is InChI=1S/C13H27N3/c1-2-16(13-6-7-13)10-9-14-11-12-5-3-4-8-15-12/h12-15H,2-11H2,1H3. The predicted molar refractivity (Wildman–Crippen MR) is 68.8 cm³/mol. The van der Waals surface area contributed by atoms with Crippen LogP contribution in [0.25, 0.3) is 0 Å². The summed E-state index contributed by atoms with van der Waals surface area (Å²) in [6, 6.07) is 1.64. The second-order valence-corrected chi connectivity index (χ2v) is 5.21. The SMILES string of the molecule is CCN(CCNCC1CCCCN1)C1CC1. The average Bonchev–Trinajstić information content (AvgIpc) is 3.15. The van der Waals surface area contributed by atoms with Crippen molar-refractivity contribution in [2.45, 2.75) is 51.1 Å². The minimum atomic E-state index is 0.727. The van der Waals surface area contributed by atoms with E-state index in [4.69, 9.17) is 0 Å². The van der Waals surface area contributed by atoms with E-state index in [1.54, 1.807) is 0 Å². The van der Waals surface area contributed by atoms with Crippen molar-refractivity contribution in [3.63, 3.8) is 0 Å². The van der Waals surface area contributed by atoms with Crippen LogP contribution in [-0.4, -0.2) is 49.7 Å². The van der Waals surface area contributed by atoms with Crippen LogP contribution in [0.1, 0.15) is 39.0 Å². The first-order valence-electron chi connectivity index (χ1n) is 7.08. The Labute approximate surface area is 100.0 Å². The average molecular weight is 225 g/mol. The van der Waals surface area contributed by atoms with Crippen LogP contribution in [0.4, 0.5) is 0 Å². The highest BCUT2D eigenvalue weighted by atomic mass is 15.2. The van der Waals surface area contributed by atoms with Crippen molar-refractivity contribution in [2.75, 3.05) is 32.7 Å². The summed E-state index contributed by atoms with van der Waals surface area (Å²) in [4.78, 5) is 2.61. The van der Waals surface area contributed by atoms with Crippen molar-refractivity contribution >= 4 is 0 Å². The van der Waals surface area contributed by atoms with Gasteiger partial charge in [-0.15, -0.1) is 0 Å². The van der Waals surface area contributed by atoms with Crippen LogP contribution in [-0.2, 0) is 0 Å². The third-order valence-electron chi connectivity index (χ3n) is 3.85. The maximum absolute atomic E-state index is 3.60. The lowest BCUT2D eigenvalue weighted by Gasteiger charge is -2.25. The zero-order chi connectivity index (χ0) is 11.2. The molecule has 1 unspecified atom stereocenters. The molecule has 94 valence electrons. The zero-order valence-electron chi connectivity index (χ0n) is 10.7. The predicted octanol–water partition coefficient (Wildman–Crippen LogP) is 1.20. The molecule has 1 heterocycles. The molecular weight excluding hydrogens is 198 g/mol. The maximum Gasteiger partial charge on any atom is 0.0192 e. The van der Waals surface area contributed by atoms with Gasteiger partial charge in [-0.25, -0.2) is 0 Å². The Hall–Kier alpha value is -0.120. The van der Waals surface area contributed by atoms with Gasteiger partial charge < -0.3 is 10.6 Å². The third kappa shape index (κ3) is 4.04. The number of nitrogens with one attached hydrogen (secondary N) is 2. The molecule has 1 saturated carbocycles. The lowest BCUT2D eigenvalue weighted by atomic mass is 10.1. The monoisotopic (exact) mass is 225 g/mol. The van der Waals surface area contributed by atoms with E-state index in [0.717, 1.165) is 25.2 Å². The normalized spacial score (nSPS) is 26.2. The van der Waals surface area contributed by atoms with E-state index >= 15 is 0 Å². The highest BCUT2D eigenvalue weighted by Gasteiger charge is 2.27. The smallest absolute Gasteiger partial charge is 0.0192 e. The molecule has 1 aliphatic heterocycles. The number of rotatable bonds is 7. The lowest BCUT2D eigenvalue weighted by Crippen LogP contribution is -2.43. The fourth-order valence-electron chi connectivity index (χ4n) is 2.64. The fraction of sp³-hybridized carbons (Fsp3) is 1.00. The van der Waals surface area contributed by atoms with E-state index in [1.807, 2.05) is 0 Å². The summed E-state index contributed by atoms with van der Waals surface area (Å²) in [5.41, 5.74) is 0. The van der Waals surface area contributed by atoms with Crippen LogP contribution in [0.15, 0.2) is 0 Å². The van der Waals surface area contributed by atoms with Gasteiger partial charge in [0.25, 0.3) is 0 Å². The van der Waals surface area contributed by atoms with Crippen LogP contribution in [0, 0.1) is 0 Å². The molecule has 3 heteroatoms. The fourth-order valence-corrected chi connectivity index (χ4v) is 2.64. The van der Waals surface area contributed by atoms with Crippen LogP contribution in [0.2, 0.25) is 0 Å². The number of nitrogens with zero attached hydrogens (tertiary/aromatic N) is 1. The number of likely N-dealkylation sites (N-methyl/N-ethyl adjacent to an activating group) is 1. The molecule has 0 radical (unpaired) electrons. The first-order chi connectivity index (χ1) is 7.90. The molecule has 0 aromatic heterocycles. The summed E-state index contributed by atoms with van der Waals surface area (Å²) in [6.45, 7) is 8.25. The Morgan fingerprint density at radius 1 is 1.25 bits per heavy atom. The first kappa shape index (κ1) is 12.3. The quantitative estimate of drug-likeness (QED) is 0.638.